The Kier molecular flexibility index (Phi) is 4.35. The van der Waals surface area contributed by atoms with Crippen molar-refractivity contribution < 1.29 is 19.0 Å². The van der Waals surface area contributed by atoms with E-state index in [1.807, 2.05) is 20.8 Å². The summed E-state index contributed by atoms with van der Waals surface area (Å²) in [6.45, 7) is 8.61. The third kappa shape index (κ3) is 3.85. The number of carbonyl (C=O) groups is 1. The molecule has 0 N–H and O–H groups in total. The number of hydrogen-bond acceptors (Lipinski definition) is 4. The zero-order valence-electron chi connectivity index (χ0n) is 10.4. The topological polar surface area (TPSA) is 48.1 Å². The molecule has 0 aromatic heterocycles. The molecule has 1 heterocycles. The van der Waals surface area contributed by atoms with Crippen LogP contribution in [-0.2, 0) is 19.0 Å². The maximum absolute atomic E-state index is 11.2. The molecule has 4 nitrogen and oxygen atoms in total. The van der Waals surface area contributed by atoms with Crippen LogP contribution in [0.4, 0.5) is 0 Å². The van der Waals surface area contributed by atoms with Gasteiger partial charge >= 0.3 is 5.97 Å². The second-order valence-electron chi connectivity index (χ2n) is 4.24. The lowest BCUT2D eigenvalue weighted by Gasteiger charge is -2.07. The first-order valence-electron chi connectivity index (χ1n) is 5.67. The van der Waals surface area contributed by atoms with E-state index >= 15 is 0 Å². The van der Waals surface area contributed by atoms with Gasteiger partial charge in [-0.25, -0.2) is 4.79 Å². The van der Waals surface area contributed by atoms with Gasteiger partial charge in [0.2, 0.25) is 0 Å². The Labute approximate surface area is 96.6 Å². The molecule has 0 unspecified atom stereocenters. The molecule has 1 rings (SSSR count). The first-order valence-corrected chi connectivity index (χ1v) is 5.67. The molecule has 4 heteroatoms. The Morgan fingerprint density at radius 3 is 2.44 bits per heavy atom. The van der Waals surface area contributed by atoms with Crippen LogP contribution in [0.2, 0.25) is 0 Å². The molecule has 0 saturated carbocycles. The largest absolute Gasteiger partial charge is 0.495 e. The molecule has 0 bridgehead atoms. The molecule has 16 heavy (non-hydrogen) atoms. The second kappa shape index (κ2) is 5.34. The summed E-state index contributed by atoms with van der Waals surface area (Å²) in [6, 6.07) is 0. The molecule has 1 aliphatic heterocycles. The molecule has 0 spiro atoms. The number of epoxide rings is 1. The Bertz CT molecular complexity index is 281. The molecular formula is C12H20O4. The normalized spacial score (nSPS) is 22.8. The smallest absolute Gasteiger partial charge is 0.334 e. The molecule has 92 valence electrons. The lowest BCUT2D eigenvalue weighted by Crippen LogP contribution is -2.11. The first-order chi connectivity index (χ1) is 7.49. The maximum atomic E-state index is 11.2. The van der Waals surface area contributed by atoms with Crippen LogP contribution in [0.3, 0.4) is 0 Å². The lowest BCUT2D eigenvalue weighted by atomic mass is 10.1. The van der Waals surface area contributed by atoms with Crippen molar-refractivity contribution in [3.05, 3.63) is 11.8 Å². The molecule has 0 aromatic rings. The number of ether oxygens (including phenoxy) is 3. The number of hydrogen-bond donors (Lipinski definition) is 0. The van der Waals surface area contributed by atoms with Crippen molar-refractivity contribution in [2.45, 2.75) is 45.8 Å². The molecule has 1 atom stereocenters. The predicted molar refractivity (Wildman–Crippen MR) is 59.9 cm³/mol. The third-order valence-electron chi connectivity index (χ3n) is 2.50. The van der Waals surface area contributed by atoms with Crippen LogP contribution in [0.5, 0.6) is 0 Å². The molecular weight excluding hydrogens is 208 g/mol. The average Bonchev–Trinajstić information content (AvgIpc) is 2.81. The third-order valence-corrected chi connectivity index (χ3v) is 2.50. The van der Waals surface area contributed by atoms with E-state index in [1.54, 1.807) is 6.92 Å². The van der Waals surface area contributed by atoms with E-state index in [0.29, 0.717) is 25.4 Å². The molecule has 1 fully saturated rings. The van der Waals surface area contributed by atoms with Crippen LogP contribution in [-0.4, -0.2) is 30.9 Å². The monoisotopic (exact) mass is 228 g/mol. The second-order valence-corrected chi connectivity index (χ2v) is 4.24. The molecule has 0 radical (unpaired) electrons. The number of allylic oxidation sites excluding steroid dienone is 1. The van der Waals surface area contributed by atoms with E-state index in [2.05, 4.69) is 0 Å². The van der Waals surface area contributed by atoms with Crippen molar-refractivity contribution in [2.24, 2.45) is 0 Å². The van der Waals surface area contributed by atoms with Gasteiger partial charge < -0.3 is 14.2 Å². The van der Waals surface area contributed by atoms with E-state index in [-0.39, 0.29) is 17.7 Å². The van der Waals surface area contributed by atoms with E-state index in [4.69, 9.17) is 14.2 Å². The van der Waals surface area contributed by atoms with Crippen LogP contribution in [0.25, 0.3) is 0 Å². The van der Waals surface area contributed by atoms with Gasteiger partial charge in [-0.1, -0.05) is 6.92 Å². The highest BCUT2D eigenvalue weighted by Crippen LogP contribution is 2.35. The summed E-state index contributed by atoms with van der Waals surface area (Å²) in [5.74, 6) is 0.292. The van der Waals surface area contributed by atoms with Crippen LogP contribution < -0.4 is 0 Å². The summed E-state index contributed by atoms with van der Waals surface area (Å²) in [6.07, 6.45) is 2.20. The zero-order valence-corrected chi connectivity index (χ0v) is 10.4. The van der Waals surface area contributed by atoms with E-state index in [1.165, 1.54) is 6.08 Å². The van der Waals surface area contributed by atoms with Crippen molar-refractivity contribution in [2.75, 3.05) is 13.2 Å². The molecule has 0 amide bonds. The van der Waals surface area contributed by atoms with Crippen molar-refractivity contribution >= 4 is 5.97 Å². The van der Waals surface area contributed by atoms with Crippen molar-refractivity contribution in [1.82, 2.24) is 0 Å². The average molecular weight is 228 g/mol. The van der Waals surface area contributed by atoms with Gasteiger partial charge in [0.15, 0.2) is 0 Å². The van der Waals surface area contributed by atoms with Crippen LogP contribution in [0, 0.1) is 0 Å². The van der Waals surface area contributed by atoms with Crippen LogP contribution >= 0.6 is 0 Å². The molecule has 0 aromatic carbocycles. The van der Waals surface area contributed by atoms with Gasteiger partial charge in [0, 0.05) is 6.42 Å². The minimum Gasteiger partial charge on any atom is -0.495 e. The Hall–Kier alpha value is -1.03. The van der Waals surface area contributed by atoms with Gasteiger partial charge in [0.05, 0.1) is 18.3 Å². The summed E-state index contributed by atoms with van der Waals surface area (Å²) < 4.78 is 15.7. The van der Waals surface area contributed by atoms with Crippen LogP contribution in [0.1, 0.15) is 34.1 Å². The fourth-order valence-electron chi connectivity index (χ4n) is 1.31. The summed E-state index contributed by atoms with van der Waals surface area (Å²) in [4.78, 5) is 11.2. The van der Waals surface area contributed by atoms with E-state index in [0.717, 1.165) is 0 Å². The number of carbonyl (C=O) groups excluding carboxylic acids is 1. The highest BCUT2D eigenvalue weighted by atomic mass is 16.6. The van der Waals surface area contributed by atoms with Gasteiger partial charge in [-0.15, -0.1) is 0 Å². The SMILES string of the molecule is CCOC(=O)/C=C(\CC)OC[C@H]1OC1(C)C. The zero-order chi connectivity index (χ0) is 12.2. The van der Waals surface area contributed by atoms with Gasteiger partial charge in [0.25, 0.3) is 0 Å². The number of rotatable bonds is 6. The van der Waals surface area contributed by atoms with Crippen molar-refractivity contribution in [3.8, 4) is 0 Å². The van der Waals surface area contributed by atoms with E-state index < -0.39 is 0 Å². The van der Waals surface area contributed by atoms with Gasteiger partial charge in [0.1, 0.15) is 18.5 Å². The molecule has 1 aliphatic rings. The lowest BCUT2D eigenvalue weighted by molar-refractivity contribution is -0.137. The number of esters is 1. The molecule has 1 saturated heterocycles. The summed E-state index contributed by atoms with van der Waals surface area (Å²) in [7, 11) is 0. The Morgan fingerprint density at radius 2 is 2.00 bits per heavy atom. The Balaban J connectivity index is 2.34. The summed E-state index contributed by atoms with van der Waals surface area (Å²) in [5.41, 5.74) is -0.0806. The van der Waals surface area contributed by atoms with Gasteiger partial charge in [-0.3, -0.25) is 0 Å². The summed E-state index contributed by atoms with van der Waals surface area (Å²) >= 11 is 0. The fourth-order valence-corrected chi connectivity index (χ4v) is 1.31. The minimum absolute atomic E-state index is 0.0806. The van der Waals surface area contributed by atoms with Gasteiger partial charge in [-0.2, -0.15) is 0 Å². The van der Waals surface area contributed by atoms with Crippen LogP contribution in [0.15, 0.2) is 11.8 Å². The van der Waals surface area contributed by atoms with Crippen molar-refractivity contribution in [3.63, 3.8) is 0 Å². The van der Waals surface area contributed by atoms with Crippen molar-refractivity contribution in [1.29, 1.82) is 0 Å². The van der Waals surface area contributed by atoms with Gasteiger partial charge in [-0.05, 0) is 20.8 Å². The quantitative estimate of drug-likeness (QED) is 0.302. The maximum Gasteiger partial charge on any atom is 0.334 e. The standard InChI is InChI=1S/C12H20O4/c1-5-9(7-11(13)14-6-2)15-8-10-12(3,4)16-10/h7,10H,5-6,8H2,1-4H3/b9-7+/t10-/m1/s1. The minimum atomic E-state index is -0.352. The highest BCUT2D eigenvalue weighted by Gasteiger charge is 2.48. The first kappa shape index (κ1) is 13.0. The summed E-state index contributed by atoms with van der Waals surface area (Å²) in [5, 5.41) is 0. The predicted octanol–water partition coefficient (Wildman–Crippen LogP) is 2.04. The molecule has 0 aliphatic carbocycles. The van der Waals surface area contributed by atoms with E-state index in [9.17, 15) is 4.79 Å². The fraction of sp³-hybridized carbons (Fsp3) is 0.750. The highest BCUT2D eigenvalue weighted by molar-refractivity contribution is 5.82. The Morgan fingerprint density at radius 1 is 1.38 bits per heavy atom.